The number of aromatic nitrogens is 2. The van der Waals surface area contributed by atoms with Crippen LogP contribution in [0.15, 0.2) is 89.3 Å². The molecule has 0 bridgehead atoms. The van der Waals surface area contributed by atoms with E-state index in [0.717, 1.165) is 18.7 Å². The largest absolute Gasteiger partial charge is 0.419 e. The van der Waals surface area contributed by atoms with Gasteiger partial charge in [0.15, 0.2) is 0 Å². The molecule has 1 heterocycles. The summed E-state index contributed by atoms with van der Waals surface area (Å²) < 4.78 is 5.95. The first-order valence-electron chi connectivity index (χ1n) is 9.46. The molecule has 3 aromatic carbocycles. The second-order valence-electron chi connectivity index (χ2n) is 6.98. The minimum atomic E-state index is 0.564. The molecule has 0 saturated carbocycles. The summed E-state index contributed by atoms with van der Waals surface area (Å²) in [5.74, 6) is 1.19. The second kappa shape index (κ2) is 8.63. The number of benzene rings is 3. The Morgan fingerprint density at radius 1 is 0.679 bits per heavy atom. The van der Waals surface area contributed by atoms with Crippen LogP contribution in [0, 0.1) is 6.92 Å². The Bertz CT molecular complexity index is 953. The molecular weight excluding hydrogens is 346 g/mol. The summed E-state index contributed by atoms with van der Waals surface area (Å²) in [6, 6.07) is 29.0. The monoisotopic (exact) mass is 369 g/mol. The average molecular weight is 369 g/mol. The Hall–Kier alpha value is -3.24. The first-order chi connectivity index (χ1) is 13.8. The van der Waals surface area contributed by atoms with Gasteiger partial charge in [-0.15, -0.1) is 10.2 Å². The van der Waals surface area contributed by atoms with Crippen molar-refractivity contribution in [2.75, 3.05) is 0 Å². The summed E-state index contributed by atoms with van der Waals surface area (Å²) in [6.45, 7) is 4.30. The topological polar surface area (TPSA) is 42.2 Å². The van der Waals surface area contributed by atoms with E-state index in [1.165, 1.54) is 16.7 Å². The molecule has 0 aliphatic heterocycles. The number of hydrogen-bond acceptors (Lipinski definition) is 4. The third-order valence-electron chi connectivity index (χ3n) is 4.62. The number of nitrogens with zero attached hydrogens (tertiary/aromatic N) is 3. The van der Waals surface area contributed by atoms with Crippen LogP contribution >= 0.6 is 0 Å². The fourth-order valence-corrected chi connectivity index (χ4v) is 3.17. The van der Waals surface area contributed by atoms with Gasteiger partial charge in [-0.25, -0.2) is 0 Å². The lowest BCUT2D eigenvalue weighted by Gasteiger charge is -2.20. The minimum Gasteiger partial charge on any atom is -0.419 e. The molecule has 4 aromatic rings. The Labute approximate surface area is 165 Å². The van der Waals surface area contributed by atoms with E-state index in [1.54, 1.807) is 0 Å². The van der Waals surface area contributed by atoms with Crippen LogP contribution in [-0.2, 0) is 19.6 Å². The van der Waals surface area contributed by atoms with Crippen molar-refractivity contribution in [3.8, 4) is 11.5 Å². The van der Waals surface area contributed by atoms with E-state index in [0.29, 0.717) is 18.3 Å². The van der Waals surface area contributed by atoms with Crippen LogP contribution in [0.2, 0.25) is 0 Å². The standard InChI is InChI=1S/C24H23N3O/c1-19-12-14-22(15-13-19)24-26-25-23(28-24)18-27(16-20-8-4-2-5-9-20)17-21-10-6-3-7-11-21/h2-15H,16-18H2,1H3. The molecule has 0 spiro atoms. The van der Waals surface area contributed by atoms with Gasteiger partial charge in [0, 0.05) is 18.7 Å². The summed E-state index contributed by atoms with van der Waals surface area (Å²) in [5, 5.41) is 8.52. The molecule has 4 nitrogen and oxygen atoms in total. The quantitative estimate of drug-likeness (QED) is 0.446. The molecule has 0 atom stereocenters. The summed E-state index contributed by atoms with van der Waals surface area (Å²) in [6.07, 6.45) is 0. The molecule has 0 saturated heterocycles. The maximum absolute atomic E-state index is 5.95. The Morgan fingerprint density at radius 2 is 1.25 bits per heavy atom. The van der Waals surface area contributed by atoms with Crippen LogP contribution in [0.25, 0.3) is 11.5 Å². The van der Waals surface area contributed by atoms with Gasteiger partial charge in [0.2, 0.25) is 11.8 Å². The van der Waals surface area contributed by atoms with Crippen LogP contribution in [0.5, 0.6) is 0 Å². The smallest absolute Gasteiger partial charge is 0.247 e. The summed E-state index contributed by atoms with van der Waals surface area (Å²) in [5.41, 5.74) is 4.68. The fraction of sp³-hybridized carbons (Fsp3) is 0.167. The fourth-order valence-electron chi connectivity index (χ4n) is 3.17. The molecule has 1 aromatic heterocycles. The Morgan fingerprint density at radius 3 is 1.82 bits per heavy atom. The highest BCUT2D eigenvalue weighted by Crippen LogP contribution is 2.20. The highest BCUT2D eigenvalue weighted by molar-refractivity contribution is 5.52. The van der Waals surface area contributed by atoms with Crippen molar-refractivity contribution < 1.29 is 4.42 Å². The van der Waals surface area contributed by atoms with Crippen molar-refractivity contribution in [2.24, 2.45) is 0 Å². The minimum absolute atomic E-state index is 0.564. The summed E-state index contributed by atoms with van der Waals surface area (Å²) >= 11 is 0. The first kappa shape index (κ1) is 18.1. The molecule has 0 unspecified atom stereocenters. The zero-order valence-electron chi connectivity index (χ0n) is 16.0. The van der Waals surface area contributed by atoms with Gasteiger partial charge < -0.3 is 4.42 Å². The number of hydrogen-bond donors (Lipinski definition) is 0. The van der Waals surface area contributed by atoms with Crippen molar-refractivity contribution in [1.82, 2.24) is 15.1 Å². The van der Waals surface area contributed by atoms with Gasteiger partial charge in [-0.3, -0.25) is 4.90 Å². The zero-order valence-corrected chi connectivity index (χ0v) is 16.0. The number of rotatable bonds is 7. The zero-order chi connectivity index (χ0) is 19.2. The molecule has 140 valence electrons. The SMILES string of the molecule is Cc1ccc(-c2nnc(CN(Cc3ccccc3)Cc3ccccc3)o2)cc1. The van der Waals surface area contributed by atoms with E-state index >= 15 is 0 Å². The molecular formula is C24H23N3O. The Kier molecular flexibility index (Phi) is 5.59. The molecule has 4 rings (SSSR count). The van der Waals surface area contributed by atoms with Gasteiger partial charge in [0.1, 0.15) is 0 Å². The molecule has 0 aliphatic rings. The van der Waals surface area contributed by atoms with E-state index in [9.17, 15) is 0 Å². The predicted octanol–water partition coefficient (Wildman–Crippen LogP) is 5.25. The van der Waals surface area contributed by atoms with Crippen LogP contribution in [-0.4, -0.2) is 15.1 Å². The van der Waals surface area contributed by atoms with Crippen LogP contribution < -0.4 is 0 Å². The van der Waals surface area contributed by atoms with Crippen LogP contribution in [0.4, 0.5) is 0 Å². The van der Waals surface area contributed by atoms with Gasteiger partial charge in [-0.1, -0.05) is 78.4 Å². The lowest BCUT2D eigenvalue weighted by atomic mass is 10.1. The first-order valence-corrected chi connectivity index (χ1v) is 9.46. The molecule has 4 heteroatoms. The molecule has 0 fully saturated rings. The molecule has 0 N–H and O–H groups in total. The Balaban J connectivity index is 1.52. The van der Waals surface area contributed by atoms with Crippen molar-refractivity contribution in [1.29, 1.82) is 0 Å². The van der Waals surface area contributed by atoms with E-state index < -0.39 is 0 Å². The molecule has 0 radical (unpaired) electrons. The predicted molar refractivity (Wildman–Crippen MR) is 110 cm³/mol. The third-order valence-corrected chi connectivity index (χ3v) is 4.62. The lowest BCUT2D eigenvalue weighted by molar-refractivity contribution is 0.223. The average Bonchev–Trinajstić information content (AvgIpc) is 3.18. The van der Waals surface area contributed by atoms with Gasteiger partial charge >= 0.3 is 0 Å². The molecule has 28 heavy (non-hydrogen) atoms. The van der Waals surface area contributed by atoms with E-state index in [4.69, 9.17) is 4.42 Å². The van der Waals surface area contributed by atoms with E-state index in [-0.39, 0.29) is 0 Å². The molecule has 0 amide bonds. The van der Waals surface area contributed by atoms with Crippen LogP contribution in [0.1, 0.15) is 22.6 Å². The van der Waals surface area contributed by atoms with Crippen LogP contribution in [0.3, 0.4) is 0 Å². The normalized spacial score (nSPS) is 11.1. The van der Waals surface area contributed by atoms with E-state index in [2.05, 4.69) is 82.7 Å². The summed E-state index contributed by atoms with van der Waals surface area (Å²) in [7, 11) is 0. The van der Waals surface area contributed by atoms with Crippen molar-refractivity contribution in [3.05, 3.63) is 108 Å². The van der Waals surface area contributed by atoms with Crippen molar-refractivity contribution in [2.45, 2.75) is 26.6 Å². The number of aryl methyl sites for hydroxylation is 1. The highest BCUT2D eigenvalue weighted by atomic mass is 16.4. The maximum Gasteiger partial charge on any atom is 0.247 e. The van der Waals surface area contributed by atoms with Gasteiger partial charge in [0.25, 0.3) is 0 Å². The summed E-state index contributed by atoms with van der Waals surface area (Å²) in [4.78, 5) is 2.32. The highest BCUT2D eigenvalue weighted by Gasteiger charge is 2.14. The van der Waals surface area contributed by atoms with Crippen molar-refractivity contribution >= 4 is 0 Å². The van der Waals surface area contributed by atoms with Crippen molar-refractivity contribution in [3.63, 3.8) is 0 Å². The van der Waals surface area contributed by atoms with Gasteiger partial charge in [-0.05, 0) is 30.2 Å². The third kappa shape index (κ3) is 4.72. The van der Waals surface area contributed by atoms with Gasteiger partial charge in [-0.2, -0.15) is 0 Å². The maximum atomic E-state index is 5.95. The lowest BCUT2D eigenvalue weighted by Crippen LogP contribution is -2.22. The van der Waals surface area contributed by atoms with E-state index in [1.807, 2.05) is 24.3 Å². The molecule has 0 aliphatic carbocycles. The van der Waals surface area contributed by atoms with Gasteiger partial charge in [0.05, 0.1) is 6.54 Å². The second-order valence-corrected chi connectivity index (χ2v) is 6.98.